The van der Waals surface area contributed by atoms with Crippen LogP contribution in [0.3, 0.4) is 0 Å². The monoisotopic (exact) mass is 342 g/mol. The van der Waals surface area contributed by atoms with E-state index in [0.29, 0.717) is 11.7 Å². The Labute approximate surface area is 152 Å². The van der Waals surface area contributed by atoms with Crippen LogP contribution < -0.4 is 0 Å². The van der Waals surface area contributed by atoms with Gasteiger partial charge in [-0.15, -0.1) is 0 Å². The van der Waals surface area contributed by atoms with Gasteiger partial charge in [0.15, 0.2) is 0 Å². The average molecular weight is 342 g/mol. The Hall–Kier alpha value is -2.35. The van der Waals surface area contributed by atoms with Gasteiger partial charge in [0, 0.05) is 0 Å². The Morgan fingerprint density at radius 1 is 1.00 bits per heavy atom. The quantitative estimate of drug-likeness (QED) is 0.586. The van der Waals surface area contributed by atoms with Crippen molar-refractivity contribution in [2.75, 3.05) is 0 Å². The fourth-order valence-electron chi connectivity index (χ4n) is 2.02. The second-order valence-electron chi connectivity index (χ2n) is 5.72. The highest BCUT2D eigenvalue weighted by Gasteiger charge is 2.08. The van der Waals surface area contributed by atoms with Gasteiger partial charge in [-0.2, -0.15) is 0 Å². The first kappa shape index (κ1) is 22.7. The van der Waals surface area contributed by atoms with Crippen molar-refractivity contribution in [3.63, 3.8) is 0 Å². The summed E-state index contributed by atoms with van der Waals surface area (Å²) in [6.07, 6.45) is 2.06. The summed E-state index contributed by atoms with van der Waals surface area (Å²) >= 11 is 0. The number of hydrogen-bond donors (Lipinski definition) is 1. The minimum absolute atomic E-state index is 0.171. The zero-order valence-electron chi connectivity index (χ0n) is 16.3. The third-order valence-electron chi connectivity index (χ3n) is 3.52. The standard InChI is InChI=1S/C14H18O.C7H7F.C2H6/c1-5-14(11(4)10(2)3)12-6-8-13(15)9-7-12;1-6-2-4-7(8)5-3-6;1-2/h5-10,15H,4H2,1-3H3;2-5H,1H3;1-2H3/b14-5+;;. The maximum absolute atomic E-state index is 12.1. The van der Waals surface area contributed by atoms with E-state index in [-0.39, 0.29) is 5.82 Å². The molecule has 0 heterocycles. The molecule has 0 atom stereocenters. The normalized spacial score (nSPS) is 10.3. The number of hydrogen-bond acceptors (Lipinski definition) is 1. The third kappa shape index (κ3) is 8.35. The van der Waals surface area contributed by atoms with Crippen molar-refractivity contribution >= 4 is 5.57 Å². The van der Waals surface area contributed by atoms with Gasteiger partial charge in [-0.3, -0.25) is 0 Å². The third-order valence-corrected chi connectivity index (χ3v) is 3.52. The largest absolute Gasteiger partial charge is 0.508 e. The van der Waals surface area contributed by atoms with Crippen molar-refractivity contribution in [2.24, 2.45) is 5.92 Å². The van der Waals surface area contributed by atoms with Crippen molar-refractivity contribution in [3.8, 4) is 5.75 Å². The van der Waals surface area contributed by atoms with Crippen molar-refractivity contribution in [1.82, 2.24) is 0 Å². The number of benzene rings is 2. The van der Waals surface area contributed by atoms with E-state index >= 15 is 0 Å². The number of rotatable bonds is 3. The number of phenols is 1. The molecule has 0 spiro atoms. The molecule has 0 saturated heterocycles. The molecule has 0 saturated carbocycles. The molecule has 2 heteroatoms. The minimum atomic E-state index is -0.171. The van der Waals surface area contributed by atoms with Gasteiger partial charge in [-0.05, 0) is 60.7 Å². The molecule has 2 aromatic carbocycles. The van der Waals surface area contributed by atoms with Gasteiger partial charge in [0.2, 0.25) is 0 Å². The Bertz CT molecular complexity index is 628. The molecule has 2 aromatic rings. The smallest absolute Gasteiger partial charge is 0.123 e. The van der Waals surface area contributed by atoms with Gasteiger partial charge in [0.25, 0.3) is 0 Å². The molecule has 0 aliphatic heterocycles. The van der Waals surface area contributed by atoms with Crippen LogP contribution in [0.2, 0.25) is 0 Å². The summed E-state index contributed by atoms with van der Waals surface area (Å²) in [4.78, 5) is 0. The fourth-order valence-corrected chi connectivity index (χ4v) is 2.02. The SMILES string of the molecule is C=C(/C(=C\C)c1ccc(O)cc1)C(C)C.CC.Cc1ccc(F)cc1. The highest BCUT2D eigenvalue weighted by atomic mass is 19.1. The molecule has 0 aromatic heterocycles. The summed E-state index contributed by atoms with van der Waals surface area (Å²) in [7, 11) is 0. The molecule has 2 rings (SSSR count). The van der Waals surface area contributed by atoms with Crippen LogP contribution in [0.4, 0.5) is 4.39 Å². The lowest BCUT2D eigenvalue weighted by Gasteiger charge is -2.14. The van der Waals surface area contributed by atoms with E-state index in [4.69, 9.17) is 0 Å². The zero-order chi connectivity index (χ0) is 19.4. The summed E-state index contributed by atoms with van der Waals surface area (Å²) in [6.45, 7) is 16.3. The summed E-state index contributed by atoms with van der Waals surface area (Å²) in [5.41, 5.74) is 4.48. The van der Waals surface area contributed by atoms with Crippen LogP contribution >= 0.6 is 0 Å². The summed E-state index contributed by atoms with van der Waals surface area (Å²) in [5, 5.41) is 9.22. The van der Waals surface area contributed by atoms with Gasteiger partial charge in [0.1, 0.15) is 11.6 Å². The first-order valence-corrected chi connectivity index (χ1v) is 8.72. The lowest BCUT2D eigenvalue weighted by molar-refractivity contribution is 0.475. The van der Waals surface area contributed by atoms with Gasteiger partial charge in [-0.1, -0.05) is 70.2 Å². The summed E-state index contributed by atoms with van der Waals surface area (Å²) < 4.78 is 12.1. The molecular weight excluding hydrogens is 311 g/mol. The second kappa shape index (κ2) is 12.1. The van der Waals surface area contributed by atoms with E-state index in [0.717, 1.165) is 22.3 Å². The minimum Gasteiger partial charge on any atom is -0.508 e. The highest BCUT2D eigenvalue weighted by molar-refractivity contribution is 5.78. The van der Waals surface area contributed by atoms with Crippen molar-refractivity contribution in [1.29, 1.82) is 0 Å². The van der Waals surface area contributed by atoms with Crippen LogP contribution in [-0.2, 0) is 0 Å². The molecule has 0 radical (unpaired) electrons. The molecule has 0 unspecified atom stereocenters. The van der Waals surface area contributed by atoms with E-state index in [1.165, 1.54) is 12.1 Å². The maximum atomic E-state index is 12.1. The average Bonchev–Trinajstić information content (AvgIpc) is 2.62. The zero-order valence-corrected chi connectivity index (χ0v) is 16.3. The number of aryl methyl sites for hydroxylation is 1. The first-order chi connectivity index (χ1) is 11.8. The second-order valence-corrected chi connectivity index (χ2v) is 5.72. The molecular formula is C23H31FO. The van der Waals surface area contributed by atoms with E-state index in [2.05, 4.69) is 26.5 Å². The van der Waals surface area contributed by atoms with E-state index < -0.39 is 0 Å². The number of phenolic OH excluding ortho intramolecular Hbond substituents is 1. The van der Waals surface area contributed by atoms with E-state index in [9.17, 15) is 9.50 Å². The van der Waals surface area contributed by atoms with Crippen LogP contribution in [0.1, 0.15) is 45.7 Å². The Morgan fingerprint density at radius 2 is 1.48 bits per heavy atom. The first-order valence-electron chi connectivity index (χ1n) is 8.72. The van der Waals surface area contributed by atoms with Gasteiger partial charge >= 0.3 is 0 Å². The summed E-state index contributed by atoms with van der Waals surface area (Å²) in [5.74, 6) is 0.560. The summed E-state index contributed by atoms with van der Waals surface area (Å²) in [6, 6.07) is 13.6. The van der Waals surface area contributed by atoms with E-state index in [1.807, 2.05) is 39.8 Å². The fraction of sp³-hybridized carbons (Fsp3) is 0.304. The predicted octanol–water partition coefficient (Wildman–Crippen LogP) is 7.17. The predicted molar refractivity (Wildman–Crippen MR) is 108 cm³/mol. The highest BCUT2D eigenvalue weighted by Crippen LogP contribution is 2.28. The molecule has 0 fully saturated rings. The van der Waals surface area contributed by atoms with Gasteiger partial charge < -0.3 is 5.11 Å². The van der Waals surface area contributed by atoms with Crippen LogP contribution in [-0.4, -0.2) is 5.11 Å². The van der Waals surface area contributed by atoms with Crippen molar-refractivity contribution in [2.45, 2.75) is 41.5 Å². The van der Waals surface area contributed by atoms with Crippen LogP contribution in [0.15, 0.2) is 66.8 Å². The van der Waals surface area contributed by atoms with Crippen LogP contribution in [0, 0.1) is 18.7 Å². The number of aromatic hydroxyl groups is 1. The Morgan fingerprint density at radius 3 is 1.84 bits per heavy atom. The Balaban J connectivity index is 0.000000483. The lowest BCUT2D eigenvalue weighted by atomic mass is 9.91. The van der Waals surface area contributed by atoms with E-state index in [1.54, 1.807) is 24.3 Å². The number of halogens is 1. The topological polar surface area (TPSA) is 20.2 Å². The van der Waals surface area contributed by atoms with Crippen LogP contribution in [0.25, 0.3) is 5.57 Å². The Kier molecular flexibility index (Phi) is 10.9. The van der Waals surface area contributed by atoms with Crippen LogP contribution in [0.5, 0.6) is 5.75 Å². The number of allylic oxidation sites excluding steroid dienone is 3. The molecule has 0 aliphatic carbocycles. The van der Waals surface area contributed by atoms with Crippen molar-refractivity contribution in [3.05, 3.63) is 83.7 Å². The molecule has 1 nitrogen and oxygen atoms in total. The lowest BCUT2D eigenvalue weighted by Crippen LogP contribution is -1.96. The molecule has 136 valence electrons. The van der Waals surface area contributed by atoms with Crippen molar-refractivity contribution < 1.29 is 9.50 Å². The molecule has 0 amide bonds. The molecule has 1 N–H and O–H groups in total. The van der Waals surface area contributed by atoms with Gasteiger partial charge in [0.05, 0.1) is 0 Å². The molecule has 0 aliphatic rings. The maximum Gasteiger partial charge on any atom is 0.123 e. The van der Waals surface area contributed by atoms with Gasteiger partial charge in [-0.25, -0.2) is 4.39 Å². The molecule has 25 heavy (non-hydrogen) atoms. The molecule has 0 bridgehead atoms.